The Kier molecular flexibility index (Phi) is 8.62. The molecule has 8 heteroatoms. The average molecular weight is 687 g/mol. The van der Waals surface area contributed by atoms with Crippen molar-refractivity contribution >= 4 is 0 Å². The number of rotatable bonds is 8. The monoisotopic (exact) mass is 687 g/mol. The maximum Gasteiger partial charge on any atom is 0.170 e. The van der Waals surface area contributed by atoms with E-state index in [2.05, 4.69) is 51.5 Å². The molecule has 0 aromatic heterocycles. The highest BCUT2D eigenvalue weighted by molar-refractivity contribution is 5.33. The number of ether oxygens (including phenoxy) is 4. The summed E-state index contributed by atoms with van der Waals surface area (Å²) in [4.78, 5) is 5.00. The lowest BCUT2D eigenvalue weighted by Gasteiger charge is -2.64. The first-order chi connectivity index (χ1) is 23.0. The Balaban J connectivity index is 0.997. The molecule has 3 unspecified atom stereocenters. The van der Waals surface area contributed by atoms with Crippen LogP contribution in [0.5, 0.6) is 0 Å². The topological polar surface area (TPSA) is 83.9 Å². The van der Waals surface area contributed by atoms with E-state index in [1.165, 1.54) is 58.2 Å². The lowest BCUT2D eigenvalue weighted by Crippen LogP contribution is -2.60. The minimum Gasteiger partial charge on any atom is -0.390 e. The molecule has 8 rings (SSSR count). The molecule has 5 saturated carbocycles. The van der Waals surface area contributed by atoms with Crippen LogP contribution in [0.15, 0.2) is 0 Å². The average Bonchev–Trinajstić information content (AvgIpc) is 3.65. The highest BCUT2D eigenvalue weighted by atomic mass is 16.7. The summed E-state index contributed by atoms with van der Waals surface area (Å²) in [6, 6.07) is 0. The van der Waals surface area contributed by atoms with E-state index in [-0.39, 0.29) is 40.8 Å². The zero-order valence-electron chi connectivity index (χ0n) is 32.4. The Labute approximate surface area is 297 Å². The summed E-state index contributed by atoms with van der Waals surface area (Å²) >= 11 is 0. The molecule has 0 radical (unpaired) electrons. The van der Waals surface area contributed by atoms with Crippen molar-refractivity contribution in [3.63, 3.8) is 0 Å². The van der Waals surface area contributed by atoms with Crippen molar-refractivity contribution in [2.45, 2.75) is 149 Å². The highest BCUT2D eigenvalue weighted by Gasteiger charge is 2.84. The standard InChI is InChI=1S/C41H70N2O6/c1-10-46-35(37(5,6)45)27-19-25(2)32-33(48-27)34(44)39(8)29-12-11-28-36(3,4)30(13-14-40(28)24-41(29,40)16-15-38(32,39)7)49-31-23-43(17-18-47-31)22-26-20-42(9)21-26/h25-35,44-45H,10-24H2,1-9H3/t25-,27?,28+,29?,30+,31+,32+,33?,34+,35+,38-,39-,40-,41+/m1/s1. The van der Waals surface area contributed by atoms with Crippen LogP contribution in [0.25, 0.3) is 0 Å². The maximum atomic E-state index is 12.6. The molecule has 8 aliphatic rings. The van der Waals surface area contributed by atoms with Crippen molar-refractivity contribution in [2.24, 2.45) is 56.7 Å². The number of likely N-dealkylation sites (tertiary alicyclic amines) is 1. The predicted octanol–water partition coefficient (Wildman–Crippen LogP) is 5.58. The van der Waals surface area contributed by atoms with Gasteiger partial charge in [-0.05, 0) is 130 Å². The minimum absolute atomic E-state index is 0.0266. The molecule has 0 amide bonds. The predicted molar refractivity (Wildman–Crippen MR) is 190 cm³/mol. The fraction of sp³-hybridized carbons (Fsp3) is 1.00. The summed E-state index contributed by atoms with van der Waals surface area (Å²) in [7, 11) is 2.22. The quantitative estimate of drug-likeness (QED) is 0.343. The fourth-order valence-electron chi connectivity index (χ4n) is 15.1. The molecule has 3 aliphatic heterocycles. The van der Waals surface area contributed by atoms with Gasteiger partial charge >= 0.3 is 0 Å². The van der Waals surface area contributed by atoms with Crippen molar-refractivity contribution in [2.75, 3.05) is 53.0 Å². The van der Waals surface area contributed by atoms with Gasteiger partial charge in [0.1, 0.15) is 6.10 Å². The van der Waals surface area contributed by atoms with Crippen LogP contribution in [0.4, 0.5) is 0 Å². The van der Waals surface area contributed by atoms with Crippen LogP contribution in [0.2, 0.25) is 0 Å². The molecule has 5 aliphatic carbocycles. The van der Waals surface area contributed by atoms with Crippen molar-refractivity contribution in [3.05, 3.63) is 0 Å². The third-order valence-corrected chi connectivity index (χ3v) is 17.2. The van der Waals surface area contributed by atoms with E-state index in [0.29, 0.717) is 41.1 Å². The fourth-order valence-corrected chi connectivity index (χ4v) is 15.1. The Hall–Kier alpha value is -0.320. The van der Waals surface area contributed by atoms with Crippen LogP contribution in [0, 0.1) is 56.7 Å². The van der Waals surface area contributed by atoms with Gasteiger partial charge in [-0.25, -0.2) is 0 Å². The maximum absolute atomic E-state index is 12.6. The van der Waals surface area contributed by atoms with E-state index in [1.54, 1.807) is 0 Å². The molecule has 3 saturated heterocycles. The highest BCUT2D eigenvalue weighted by Crippen LogP contribution is 2.89. The van der Waals surface area contributed by atoms with E-state index in [1.807, 2.05) is 20.8 Å². The van der Waals surface area contributed by atoms with Crippen molar-refractivity contribution in [1.82, 2.24) is 9.80 Å². The number of hydrogen-bond donors (Lipinski definition) is 2. The lowest BCUT2D eigenvalue weighted by molar-refractivity contribution is -0.249. The van der Waals surface area contributed by atoms with E-state index in [4.69, 9.17) is 18.9 Å². The number of nitrogens with zero attached hydrogens (tertiary/aromatic N) is 2. The van der Waals surface area contributed by atoms with Crippen molar-refractivity contribution in [1.29, 1.82) is 0 Å². The van der Waals surface area contributed by atoms with Gasteiger partial charge in [0.2, 0.25) is 0 Å². The molecule has 0 bridgehead atoms. The molecule has 8 nitrogen and oxygen atoms in total. The summed E-state index contributed by atoms with van der Waals surface area (Å²) in [6.45, 7) is 24.9. The molecular formula is C41H70N2O6. The van der Waals surface area contributed by atoms with Crippen molar-refractivity contribution in [3.8, 4) is 0 Å². The van der Waals surface area contributed by atoms with E-state index < -0.39 is 17.8 Å². The SMILES string of the molecule is CCO[C@@H](C1C[C@@H](C)[C@H]2C(O1)[C@H](O)[C@@]1(C)C3CC[C@H]4C(C)(C)[C@@H](O[C@H]5CN(CC6CN(C)C6)CCO5)CC[C@@]45C[C@@]35CC[C@]21C)C(C)(C)O. The number of hydrogen-bond acceptors (Lipinski definition) is 8. The molecule has 0 aromatic rings. The molecule has 2 spiro atoms. The van der Waals surface area contributed by atoms with E-state index in [9.17, 15) is 10.2 Å². The smallest absolute Gasteiger partial charge is 0.170 e. The van der Waals surface area contributed by atoms with Crippen LogP contribution < -0.4 is 0 Å². The first-order valence-electron chi connectivity index (χ1n) is 20.4. The van der Waals surface area contributed by atoms with Gasteiger partial charge in [-0.15, -0.1) is 0 Å². The molecule has 2 N–H and O–H groups in total. The second-order valence-electron chi connectivity index (χ2n) is 20.4. The van der Waals surface area contributed by atoms with Gasteiger partial charge in [0.25, 0.3) is 0 Å². The number of aliphatic hydroxyl groups excluding tert-OH is 1. The van der Waals surface area contributed by atoms with Gasteiger partial charge in [-0.2, -0.15) is 0 Å². The molecule has 14 atom stereocenters. The lowest BCUT2D eigenvalue weighted by atomic mass is 9.41. The molecule has 280 valence electrons. The second-order valence-corrected chi connectivity index (χ2v) is 20.4. The van der Waals surface area contributed by atoms with Crippen LogP contribution >= 0.6 is 0 Å². The Morgan fingerprint density at radius 1 is 0.980 bits per heavy atom. The third kappa shape index (κ3) is 5.03. The van der Waals surface area contributed by atoms with Gasteiger partial charge in [-0.3, -0.25) is 4.90 Å². The third-order valence-electron chi connectivity index (χ3n) is 17.2. The summed E-state index contributed by atoms with van der Waals surface area (Å²) in [5.74, 6) is 2.66. The first kappa shape index (κ1) is 35.7. The molecule has 8 fully saturated rings. The van der Waals surface area contributed by atoms with E-state index in [0.717, 1.165) is 38.5 Å². The number of fused-ring (bicyclic) bond motifs is 4. The summed E-state index contributed by atoms with van der Waals surface area (Å²) in [6.07, 6.45) is 8.20. The van der Waals surface area contributed by atoms with Gasteiger partial charge in [0, 0.05) is 44.7 Å². The van der Waals surface area contributed by atoms with Gasteiger partial charge in [0.15, 0.2) is 6.29 Å². The van der Waals surface area contributed by atoms with Crippen LogP contribution in [0.3, 0.4) is 0 Å². The van der Waals surface area contributed by atoms with Crippen molar-refractivity contribution < 1.29 is 29.2 Å². The molecule has 0 aromatic carbocycles. The second kappa shape index (κ2) is 11.8. The summed E-state index contributed by atoms with van der Waals surface area (Å²) < 4.78 is 26.4. The van der Waals surface area contributed by atoms with Crippen LogP contribution in [-0.4, -0.2) is 115 Å². The Morgan fingerprint density at radius 2 is 1.69 bits per heavy atom. The van der Waals surface area contributed by atoms with Gasteiger partial charge < -0.3 is 34.1 Å². The Morgan fingerprint density at radius 3 is 2.39 bits per heavy atom. The minimum atomic E-state index is -1.01. The zero-order chi connectivity index (χ0) is 34.9. The van der Waals surface area contributed by atoms with Crippen LogP contribution in [0.1, 0.15) is 107 Å². The normalized spacial score (nSPS) is 51.9. The number of morpholine rings is 1. The summed E-state index contributed by atoms with van der Waals surface area (Å²) in [5.41, 5.74) is -0.402. The van der Waals surface area contributed by atoms with Gasteiger partial charge in [-0.1, -0.05) is 34.6 Å². The summed E-state index contributed by atoms with van der Waals surface area (Å²) in [5, 5.41) is 23.7. The number of aliphatic hydroxyl groups is 2. The molecule has 49 heavy (non-hydrogen) atoms. The molecule has 3 heterocycles. The zero-order valence-corrected chi connectivity index (χ0v) is 32.4. The Bertz CT molecular complexity index is 1250. The molecular weight excluding hydrogens is 616 g/mol. The van der Waals surface area contributed by atoms with Crippen LogP contribution in [-0.2, 0) is 18.9 Å². The van der Waals surface area contributed by atoms with E-state index >= 15 is 0 Å². The first-order valence-corrected chi connectivity index (χ1v) is 20.4. The van der Waals surface area contributed by atoms with Gasteiger partial charge in [0.05, 0.1) is 36.6 Å². The largest absolute Gasteiger partial charge is 0.390 e.